The quantitative estimate of drug-likeness (QED) is 0.427. The van der Waals surface area contributed by atoms with Gasteiger partial charge in [0.05, 0.1) is 40.7 Å². The van der Waals surface area contributed by atoms with Gasteiger partial charge in [-0.15, -0.1) is 0 Å². The number of amides is 1. The van der Waals surface area contributed by atoms with Crippen LogP contribution in [0.4, 0.5) is 5.13 Å². The third-order valence-corrected chi connectivity index (χ3v) is 6.22. The van der Waals surface area contributed by atoms with Gasteiger partial charge in [-0.3, -0.25) is 4.79 Å². The summed E-state index contributed by atoms with van der Waals surface area (Å²) >= 11 is 2.83. The molecule has 0 aliphatic rings. The van der Waals surface area contributed by atoms with Gasteiger partial charge in [0.1, 0.15) is 5.75 Å². The van der Waals surface area contributed by atoms with Crippen LogP contribution in [0, 0.1) is 0 Å². The van der Waals surface area contributed by atoms with Crippen molar-refractivity contribution in [1.29, 1.82) is 0 Å². The molecule has 9 heteroatoms. The van der Waals surface area contributed by atoms with Crippen molar-refractivity contribution in [2.75, 3.05) is 31.9 Å². The van der Waals surface area contributed by atoms with Crippen LogP contribution >= 0.6 is 23.1 Å². The first kappa shape index (κ1) is 19.7. The van der Waals surface area contributed by atoms with Gasteiger partial charge in [0.25, 0.3) is 0 Å². The van der Waals surface area contributed by atoms with Gasteiger partial charge in [0.2, 0.25) is 5.91 Å². The fourth-order valence-corrected chi connectivity index (χ4v) is 4.68. The lowest BCUT2D eigenvalue weighted by Crippen LogP contribution is -2.14. The Kier molecular flexibility index (Phi) is 5.98. The molecule has 0 bridgehead atoms. The normalized spacial score (nSPS) is 11.2. The Labute approximate surface area is 176 Å². The summed E-state index contributed by atoms with van der Waals surface area (Å²) in [6.45, 7) is 1.26. The number of nitrogens with zero attached hydrogens (tertiary/aromatic N) is 3. The van der Waals surface area contributed by atoms with E-state index in [-0.39, 0.29) is 11.7 Å². The number of benzene rings is 2. The van der Waals surface area contributed by atoms with Crippen LogP contribution in [0.5, 0.6) is 5.75 Å². The van der Waals surface area contributed by atoms with Gasteiger partial charge >= 0.3 is 0 Å². The molecule has 0 saturated heterocycles. The van der Waals surface area contributed by atoms with E-state index in [1.54, 1.807) is 14.2 Å². The molecular formula is C20H20N4O3S2. The maximum Gasteiger partial charge on any atom is 0.236 e. The first-order valence-corrected chi connectivity index (χ1v) is 10.8. The molecule has 2 aromatic heterocycles. The van der Waals surface area contributed by atoms with Gasteiger partial charge in [-0.2, -0.15) is 0 Å². The number of aromatic nitrogens is 3. The van der Waals surface area contributed by atoms with Crippen molar-refractivity contribution >= 4 is 55.4 Å². The van der Waals surface area contributed by atoms with Gasteiger partial charge in [0, 0.05) is 13.7 Å². The summed E-state index contributed by atoms with van der Waals surface area (Å²) in [5, 5.41) is 4.25. The van der Waals surface area contributed by atoms with E-state index >= 15 is 0 Å². The molecule has 1 amide bonds. The number of hydrogen-bond donors (Lipinski definition) is 1. The van der Waals surface area contributed by atoms with Crippen molar-refractivity contribution in [3.8, 4) is 5.75 Å². The van der Waals surface area contributed by atoms with Crippen molar-refractivity contribution in [2.45, 2.75) is 11.7 Å². The molecular weight excluding hydrogens is 408 g/mol. The molecule has 7 nitrogen and oxygen atoms in total. The van der Waals surface area contributed by atoms with E-state index in [4.69, 9.17) is 9.47 Å². The van der Waals surface area contributed by atoms with E-state index < -0.39 is 0 Å². The Morgan fingerprint density at radius 1 is 1.17 bits per heavy atom. The van der Waals surface area contributed by atoms with Crippen molar-refractivity contribution in [3.63, 3.8) is 0 Å². The van der Waals surface area contributed by atoms with E-state index in [9.17, 15) is 4.79 Å². The van der Waals surface area contributed by atoms with E-state index in [0.29, 0.717) is 18.3 Å². The van der Waals surface area contributed by atoms with Gasteiger partial charge in [0.15, 0.2) is 10.3 Å². The number of imidazole rings is 1. The summed E-state index contributed by atoms with van der Waals surface area (Å²) in [5.41, 5.74) is 2.78. The lowest BCUT2D eigenvalue weighted by molar-refractivity contribution is -0.113. The molecule has 0 atom stereocenters. The molecule has 4 rings (SSSR count). The minimum absolute atomic E-state index is 0.119. The lowest BCUT2D eigenvalue weighted by atomic mass is 10.3. The molecule has 2 heterocycles. The SMILES string of the molecule is COCCn1c(SCC(=O)Nc2nc3ccc(OC)cc3s2)nc2ccccc21. The standard InChI is InChI=1S/C20H20N4O3S2/c1-26-10-9-24-16-6-4-3-5-14(16)22-20(24)28-12-18(25)23-19-21-15-8-7-13(27-2)11-17(15)29-19/h3-8,11H,9-10,12H2,1-2H3,(H,21,23,25). The van der Waals surface area contributed by atoms with Crippen LogP contribution in [0.1, 0.15) is 0 Å². The minimum Gasteiger partial charge on any atom is -0.497 e. The van der Waals surface area contributed by atoms with Crippen molar-refractivity contribution in [1.82, 2.24) is 14.5 Å². The first-order valence-electron chi connectivity index (χ1n) is 8.99. The van der Waals surface area contributed by atoms with Crippen LogP contribution < -0.4 is 10.1 Å². The number of ether oxygens (including phenoxy) is 2. The highest BCUT2D eigenvalue weighted by Crippen LogP contribution is 2.29. The topological polar surface area (TPSA) is 78.3 Å². The summed E-state index contributed by atoms with van der Waals surface area (Å²) in [4.78, 5) is 21.6. The number of carbonyl (C=O) groups excluding carboxylic acids is 1. The van der Waals surface area contributed by atoms with Gasteiger partial charge in [-0.05, 0) is 30.3 Å². The maximum absolute atomic E-state index is 12.5. The summed E-state index contributed by atoms with van der Waals surface area (Å²) in [7, 11) is 3.30. The number of thiazole rings is 1. The number of rotatable bonds is 8. The maximum atomic E-state index is 12.5. The summed E-state index contributed by atoms with van der Waals surface area (Å²) in [6, 6.07) is 13.6. The highest BCUT2D eigenvalue weighted by Gasteiger charge is 2.14. The Morgan fingerprint density at radius 2 is 2.03 bits per heavy atom. The van der Waals surface area contributed by atoms with E-state index in [1.165, 1.54) is 23.1 Å². The zero-order chi connectivity index (χ0) is 20.2. The van der Waals surface area contributed by atoms with Crippen LogP contribution in [-0.2, 0) is 16.1 Å². The predicted molar refractivity (Wildman–Crippen MR) is 117 cm³/mol. The number of methoxy groups -OCH3 is 2. The Balaban J connectivity index is 1.45. The summed E-state index contributed by atoms with van der Waals surface area (Å²) < 4.78 is 13.5. The average Bonchev–Trinajstić information content (AvgIpc) is 3.30. The van der Waals surface area contributed by atoms with Crippen LogP contribution in [0.25, 0.3) is 21.3 Å². The largest absolute Gasteiger partial charge is 0.497 e. The second-order valence-corrected chi connectivity index (χ2v) is 8.19. The lowest BCUT2D eigenvalue weighted by Gasteiger charge is -2.08. The number of hydrogen-bond acceptors (Lipinski definition) is 7. The Hall–Kier alpha value is -2.62. The number of fused-ring (bicyclic) bond motifs is 2. The highest BCUT2D eigenvalue weighted by molar-refractivity contribution is 7.99. The highest BCUT2D eigenvalue weighted by atomic mass is 32.2. The van der Waals surface area contributed by atoms with Crippen LogP contribution in [0.15, 0.2) is 47.6 Å². The molecule has 1 N–H and O–H groups in total. The molecule has 0 spiro atoms. The first-order chi connectivity index (χ1) is 14.2. The van der Waals surface area contributed by atoms with Crippen molar-refractivity contribution in [3.05, 3.63) is 42.5 Å². The summed E-state index contributed by atoms with van der Waals surface area (Å²) in [6.07, 6.45) is 0. The van der Waals surface area contributed by atoms with E-state index in [2.05, 4.69) is 19.9 Å². The molecule has 4 aromatic rings. The van der Waals surface area contributed by atoms with Crippen LogP contribution in [0.2, 0.25) is 0 Å². The Bertz CT molecular complexity index is 1160. The molecule has 0 fully saturated rings. The molecule has 29 heavy (non-hydrogen) atoms. The van der Waals surface area contributed by atoms with Gasteiger partial charge in [-0.25, -0.2) is 9.97 Å². The number of carbonyl (C=O) groups is 1. The number of para-hydroxylation sites is 2. The average molecular weight is 429 g/mol. The second-order valence-electron chi connectivity index (χ2n) is 6.22. The fraction of sp³-hybridized carbons (Fsp3) is 0.250. The third kappa shape index (κ3) is 4.36. The molecule has 2 aromatic carbocycles. The Morgan fingerprint density at radius 3 is 2.86 bits per heavy atom. The monoisotopic (exact) mass is 428 g/mol. The second kappa shape index (κ2) is 8.81. The van der Waals surface area contributed by atoms with E-state index in [0.717, 1.165) is 32.2 Å². The molecule has 0 saturated carbocycles. The van der Waals surface area contributed by atoms with Crippen molar-refractivity contribution in [2.24, 2.45) is 0 Å². The molecule has 0 aliphatic heterocycles. The summed E-state index contributed by atoms with van der Waals surface area (Å²) in [5.74, 6) is 0.895. The zero-order valence-corrected chi connectivity index (χ0v) is 17.7. The van der Waals surface area contributed by atoms with Crippen LogP contribution in [-0.4, -0.2) is 47.0 Å². The molecule has 0 aliphatic carbocycles. The van der Waals surface area contributed by atoms with Gasteiger partial charge < -0.3 is 19.4 Å². The van der Waals surface area contributed by atoms with Crippen LogP contribution in [0.3, 0.4) is 0 Å². The predicted octanol–water partition coefficient (Wildman–Crippen LogP) is 4.03. The molecule has 150 valence electrons. The van der Waals surface area contributed by atoms with E-state index in [1.807, 2.05) is 42.5 Å². The number of anilines is 1. The fourth-order valence-electron chi connectivity index (χ4n) is 2.93. The number of nitrogens with one attached hydrogen (secondary N) is 1. The van der Waals surface area contributed by atoms with Gasteiger partial charge in [-0.1, -0.05) is 35.2 Å². The van der Waals surface area contributed by atoms with Crippen molar-refractivity contribution < 1.29 is 14.3 Å². The number of thioether (sulfide) groups is 1. The molecule has 0 unspecified atom stereocenters. The smallest absolute Gasteiger partial charge is 0.236 e. The minimum atomic E-state index is -0.119. The molecule has 0 radical (unpaired) electrons. The third-order valence-electron chi connectivity index (χ3n) is 4.31. The zero-order valence-electron chi connectivity index (χ0n) is 16.0.